The summed E-state index contributed by atoms with van der Waals surface area (Å²) < 4.78 is 5.33. The van der Waals surface area contributed by atoms with Crippen LogP contribution >= 0.6 is 0 Å². The van der Waals surface area contributed by atoms with Crippen LogP contribution in [0.1, 0.15) is 34.7 Å². The second-order valence-corrected chi connectivity index (χ2v) is 8.06. The number of hydrogen-bond acceptors (Lipinski definition) is 3. The zero-order valence-electron chi connectivity index (χ0n) is 15.8. The molecule has 4 aliphatic rings. The lowest BCUT2D eigenvalue weighted by molar-refractivity contribution is -0.00340. The van der Waals surface area contributed by atoms with Crippen molar-refractivity contribution in [2.75, 3.05) is 26.7 Å². The molecule has 0 N–H and O–H groups in total. The number of methoxy groups -OCH3 is 1. The monoisotopic (exact) mass is 362 g/mol. The van der Waals surface area contributed by atoms with Crippen LogP contribution in [0.2, 0.25) is 0 Å². The van der Waals surface area contributed by atoms with Gasteiger partial charge >= 0.3 is 0 Å². The summed E-state index contributed by atoms with van der Waals surface area (Å²) in [4.78, 5) is 18.2. The Labute approximate surface area is 160 Å². The Hall–Kier alpha value is -2.33. The van der Waals surface area contributed by atoms with Crippen LogP contribution in [0.5, 0.6) is 5.75 Å². The van der Waals surface area contributed by atoms with Crippen molar-refractivity contribution in [3.63, 3.8) is 0 Å². The smallest absolute Gasteiger partial charge is 0.254 e. The average molecular weight is 362 g/mol. The van der Waals surface area contributed by atoms with E-state index in [-0.39, 0.29) is 5.91 Å². The molecule has 4 aliphatic heterocycles. The van der Waals surface area contributed by atoms with E-state index >= 15 is 0 Å². The lowest BCUT2D eigenvalue weighted by Crippen LogP contribution is -2.60. The average Bonchev–Trinajstić information content (AvgIpc) is 3.18. The van der Waals surface area contributed by atoms with Gasteiger partial charge in [0.05, 0.1) is 13.2 Å². The van der Waals surface area contributed by atoms with Crippen LogP contribution < -0.4 is 4.74 Å². The third-order valence-electron chi connectivity index (χ3n) is 6.82. The lowest BCUT2D eigenvalue weighted by atomic mass is 9.75. The Kier molecular flexibility index (Phi) is 4.16. The topological polar surface area (TPSA) is 32.8 Å². The second kappa shape index (κ2) is 6.68. The van der Waals surface area contributed by atoms with E-state index in [1.165, 1.54) is 31.5 Å². The molecule has 0 unspecified atom stereocenters. The molecule has 4 saturated heterocycles. The summed E-state index contributed by atoms with van der Waals surface area (Å²) >= 11 is 0. The fourth-order valence-corrected chi connectivity index (χ4v) is 5.55. The van der Waals surface area contributed by atoms with Crippen LogP contribution in [0.15, 0.2) is 54.6 Å². The quantitative estimate of drug-likeness (QED) is 0.839. The molecule has 140 valence electrons. The van der Waals surface area contributed by atoms with Crippen LogP contribution in [-0.4, -0.2) is 54.5 Å². The SMILES string of the molecule is COc1ccc([C@@H]2CN(C(=O)c3ccccc3)[C@@H]3C4CCN(CC4)[C@@H]32)cc1. The van der Waals surface area contributed by atoms with Crippen molar-refractivity contribution in [2.45, 2.75) is 30.8 Å². The molecule has 2 bridgehead atoms. The van der Waals surface area contributed by atoms with E-state index in [9.17, 15) is 4.79 Å². The first kappa shape index (κ1) is 16.8. The minimum Gasteiger partial charge on any atom is -0.497 e. The van der Waals surface area contributed by atoms with Crippen LogP contribution in [0, 0.1) is 5.92 Å². The Morgan fingerprint density at radius 2 is 1.67 bits per heavy atom. The standard InChI is InChI=1S/C23H26N2O2/c1-27-19-9-7-16(8-10-19)20-15-25(23(26)18-5-3-2-4-6-18)21-17-11-13-24(14-12-17)22(20)21/h2-10,17,20-22H,11-15H2,1H3/t20-,21+,22+/m0/s1. The van der Waals surface area contributed by atoms with Crippen molar-refractivity contribution in [1.29, 1.82) is 0 Å². The molecule has 4 nitrogen and oxygen atoms in total. The third-order valence-corrected chi connectivity index (χ3v) is 6.82. The van der Waals surface area contributed by atoms with Gasteiger partial charge in [-0.25, -0.2) is 0 Å². The molecular weight excluding hydrogens is 336 g/mol. The molecule has 0 aromatic heterocycles. The van der Waals surface area contributed by atoms with E-state index in [1.54, 1.807) is 7.11 Å². The molecule has 0 aliphatic carbocycles. The third kappa shape index (κ3) is 2.74. The molecule has 0 radical (unpaired) electrons. The lowest BCUT2D eigenvalue weighted by Gasteiger charge is -2.51. The Bertz CT molecular complexity index is 812. The van der Waals surface area contributed by atoms with E-state index in [1.807, 2.05) is 42.5 Å². The Balaban J connectivity index is 1.50. The first-order chi connectivity index (χ1) is 13.3. The van der Waals surface area contributed by atoms with Gasteiger partial charge in [0.2, 0.25) is 0 Å². The fourth-order valence-electron chi connectivity index (χ4n) is 5.55. The van der Waals surface area contributed by atoms with Gasteiger partial charge in [-0.3, -0.25) is 9.69 Å². The second-order valence-electron chi connectivity index (χ2n) is 8.06. The van der Waals surface area contributed by atoms with Gasteiger partial charge in [-0.15, -0.1) is 0 Å². The maximum atomic E-state index is 13.3. The Morgan fingerprint density at radius 3 is 2.33 bits per heavy atom. The van der Waals surface area contributed by atoms with E-state index in [0.717, 1.165) is 17.9 Å². The van der Waals surface area contributed by atoms with Gasteiger partial charge in [-0.1, -0.05) is 30.3 Å². The van der Waals surface area contributed by atoms with Crippen molar-refractivity contribution in [3.8, 4) is 5.75 Å². The highest BCUT2D eigenvalue weighted by molar-refractivity contribution is 5.94. The highest BCUT2D eigenvalue weighted by atomic mass is 16.5. The molecule has 0 spiro atoms. The number of carbonyl (C=O) groups excluding carboxylic acids is 1. The fraction of sp³-hybridized carbons (Fsp3) is 0.435. The summed E-state index contributed by atoms with van der Waals surface area (Å²) in [5.74, 6) is 2.08. The molecule has 1 amide bonds. The van der Waals surface area contributed by atoms with Gasteiger partial charge in [0.15, 0.2) is 0 Å². The summed E-state index contributed by atoms with van der Waals surface area (Å²) in [6.07, 6.45) is 2.43. The van der Waals surface area contributed by atoms with Crippen molar-refractivity contribution in [1.82, 2.24) is 9.80 Å². The molecule has 6 rings (SSSR count). The van der Waals surface area contributed by atoms with Crippen LogP contribution in [0.25, 0.3) is 0 Å². The van der Waals surface area contributed by atoms with E-state index in [0.29, 0.717) is 23.9 Å². The molecule has 2 aromatic rings. The van der Waals surface area contributed by atoms with E-state index in [4.69, 9.17) is 4.74 Å². The number of fused-ring (bicyclic) bond motifs is 2. The van der Waals surface area contributed by atoms with E-state index < -0.39 is 0 Å². The minimum atomic E-state index is 0.190. The van der Waals surface area contributed by atoms with Gasteiger partial charge in [0, 0.05) is 24.1 Å². The molecule has 27 heavy (non-hydrogen) atoms. The number of carbonyl (C=O) groups is 1. The number of piperidine rings is 3. The zero-order valence-corrected chi connectivity index (χ0v) is 15.8. The van der Waals surface area contributed by atoms with Gasteiger partial charge in [0.1, 0.15) is 5.75 Å². The number of ether oxygens (including phenoxy) is 1. The van der Waals surface area contributed by atoms with Crippen molar-refractivity contribution >= 4 is 5.91 Å². The number of rotatable bonds is 3. The normalized spacial score (nSPS) is 31.6. The minimum absolute atomic E-state index is 0.190. The predicted molar refractivity (Wildman–Crippen MR) is 105 cm³/mol. The van der Waals surface area contributed by atoms with Crippen molar-refractivity contribution in [3.05, 3.63) is 65.7 Å². The number of hydrogen-bond donors (Lipinski definition) is 0. The number of amides is 1. The highest BCUT2D eigenvalue weighted by Gasteiger charge is 2.54. The number of likely N-dealkylation sites (tertiary alicyclic amines) is 1. The largest absolute Gasteiger partial charge is 0.497 e. The van der Waals surface area contributed by atoms with Crippen LogP contribution in [0.3, 0.4) is 0 Å². The predicted octanol–water partition coefficient (Wildman–Crippen LogP) is 3.40. The van der Waals surface area contributed by atoms with Gasteiger partial charge < -0.3 is 9.64 Å². The maximum absolute atomic E-state index is 13.3. The van der Waals surface area contributed by atoms with Crippen LogP contribution in [0.4, 0.5) is 0 Å². The highest BCUT2D eigenvalue weighted by Crippen LogP contribution is 2.47. The first-order valence-corrected chi connectivity index (χ1v) is 10.0. The molecule has 2 aromatic carbocycles. The van der Waals surface area contributed by atoms with Crippen molar-refractivity contribution < 1.29 is 9.53 Å². The zero-order chi connectivity index (χ0) is 18.4. The first-order valence-electron chi connectivity index (χ1n) is 10.0. The summed E-state index contributed by atoms with van der Waals surface area (Å²) in [5, 5.41) is 0. The molecule has 4 heteroatoms. The molecule has 4 heterocycles. The molecule has 4 fully saturated rings. The van der Waals surface area contributed by atoms with Crippen molar-refractivity contribution in [2.24, 2.45) is 5.92 Å². The summed E-state index contributed by atoms with van der Waals surface area (Å²) in [6, 6.07) is 19.0. The van der Waals surface area contributed by atoms with E-state index in [2.05, 4.69) is 21.9 Å². The summed E-state index contributed by atoms with van der Waals surface area (Å²) in [6.45, 7) is 3.15. The maximum Gasteiger partial charge on any atom is 0.254 e. The summed E-state index contributed by atoms with van der Waals surface area (Å²) in [7, 11) is 1.70. The molecule has 0 saturated carbocycles. The van der Waals surface area contributed by atoms with Gasteiger partial charge in [-0.05, 0) is 61.7 Å². The number of nitrogens with zero attached hydrogens (tertiary/aromatic N) is 2. The Morgan fingerprint density at radius 1 is 0.963 bits per heavy atom. The van der Waals surface area contributed by atoms with Gasteiger partial charge in [-0.2, -0.15) is 0 Å². The molecule has 3 atom stereocenters. The summed E-state index contributed by atoms with van der Waals surface area (Å²) in [5.41, 5.74) is 2.13. The van der Waals surface area contributed by atoms with Gasteiger partial charge in [0.25, 0.3) is 5.91 Å². The molecular formula is C23H26N2O2. The number of benzene rings is 2. The van der Waals surface area contributed by atoms with Crippen LogP contribution in [-0.2, 0) is 0 Å².